The predicted molar refractivity (Wildman–Crippen MR) is 86.3 cm³/mol. The summed E-state index contributed by atoms with van der Waals surface area (Å²) in [6.07, 6.45) is 0. The zero-order valence-electron chi connectivity index (χ0n) is 13.4. The molecule has 0 aromatic heterocycles. The molecular formula is C16H28FN3O. The molecule has 0 aliphatic rings. The van der Waals surface area contributed by atoms with Gasteiger partial charge in [-0.25, -0.2) is 4.39 Å². The number of hydrogen-bond acceptors (Lipinski definition) is 4. The number of benzene rings is 1. The van der Waals surface area contributed by atoms with E-state index < -0.39 is 0 Å². The first-order valence-electron chi connectivity index (χ1n) is 7.65. The fraction of sp³-hybridized carbons (Fsp3) is 0.625. The number of halogens is 1. The number of nitrogens with one attached hydrogen (secondary N) is 1. The molecule has 0 fully saturated rings. The molecule has 0 radical (unpaired) electrons. The molecule has 21 heavy (non-hydrogen) atoms. The predicted octanol–water partition coefficient (Wildman–Crippen LogP) is 1.69. The van der Waals surface area contributed by atoms with Gasteiger partial charge in [-0.1, -0.05) is 19.9 Å². The van der Waals surface area contributed by atoms with Gasteiger partial charge in [-0.15, -0.1) is 0 Å². The molecule has 120 valence electrons. The fourth-order valence-corrected chi connectivity index (χ4v) is 2.24. The smallest absolute Gasteiger partial charge is 0.146 e. The molecule has 0 aliphatic carbocycles. The molecule has 0 atom stereocenters. The highest BCUT2D eigenvalue weighted by Gasteiger charge is 2.08. The summed E-state index contributed by atoms with van der Waals surface area (Å²) in [6, 6.07) is 5.13. The van der Waals surface area contributed by atoms with Gasteiger partial charge in [0.15, 0.2) is 0 Å². The minimum Gasteiger partial charge on any atom is -0.395 e. The third-order valence-electron chi connectivity index (χ3n) is 3.69. The molecule has 0 spiro atoms. The zero-order chi connectivity index (χ0) is 15.7. The van der Waals surface area contributed by atoms with E-state index in [9.17, 15) is 4.39 Å². The molecule has 4 nitrogen and oxygen atoms in total. The van der Waals surface area contributed by atoms with Crippen molar-refractivity contribution in [3.05, 3.63) is 29.6 Å². The molecule has 1 aromatic rings. The van der Waals surface area contributed by atoms with Crippen molar-refractivity contribution in [2.45, 2.75) is 20.4 Å². The molecular weight excluding hydrogens is 269 g/mol. The summed E-state index contributed by atoms with van der Waals surface area (Å²) in [5, 5.41) is 12.3. The molecule has 0 heterocycles. The lowest BCUT2D eigenvalue weighted by Crippen LogP contribution is -2.31. The van der Waals surface area contributed by atoms with Gasteiger partial charge in [0.05, 0.1) is 12.3 Å². The molecule has 5 heteroatoms. The third kappa shape index (κ3) is 5.99. The SMILES string of the molecule is CCN(CC)CCNCc1ccc(F)c(N(C)CCO)c1. The topological polar surface area (TPSA) is 38.7 Å². The molecule has 0 aliphatic heterocycles. The normalized spacial score (nSPS) is 11.1. The summed E-state index contributed by atoms with van der Waals surface area (Å²) in [5.74, 6) is -0.252. The van der Waals surface area contributed by atoms with Crippen molar-refractivity contribution in [3.8, 4) is 0 Å². The van der Waals surface area contributed by atoms with Crippen LogP contribution < -0.4 is 10.2 Å². The first-order valence-corrected chi connectivity index (χ1v) is 7.65. The van der Waals surface area contributed by atoms with E-state index in [1.54, 1.807) is 18.0 Å². The van der Waals surface area contributed by atoms with E-state index in [1.165, 1.54) is 6.07 Å². The minimum absolute atomic E-state index is 0.0162. The largest absolute Gasteiger partial charge is 0.395 e. The van der Waals surface area contributed by atoms with Crippen LogP contribution in [0.1, 0.15) is 19.4 Å². The van der Waals surface area contributed by atoms with Crippen molar-refractivity contribution in [2.24, 2.45) is 0 Å². The Morgan fingerprint density at radius 2 is 1.90 bits per heavy atom. The Morgan fingerprint density at radius 3 is 2.52 bits per heavy atom. The van der Waals surface area contributed by atoms with E-state index in [1.807, 2.05) is 6.07 Å². The van der Waals surface area contributed by atoms with Crippen LogP contribution in [0.15, 0.2) is 18.2 Å². The Kier molecular flexibility index (Phi) is 8.27. The molecule has 0 bridgehead atoms. The van der Waals surface area contributed by atoms with E-state index in [0.717, 1.165) is 38.3 Å². The van der Waals surface area contributed by atoms with Gasteiger partial charge in [0.25, 0.3) is 0 Å². The second-order valence-corrected chi connectivity index (χ2v) is 5.13. The average molecular weight is 297 g/mol. The minimum atomic E-state index is -0.252. The Hall–Kier alpha value is -1.17. The van der Waals surface area contributed by atoms with Gasteiger partial charge < -0.3 is 20.2 Å². The van der Waals surface area contributed by atoms with Crippen molar-refractivity contribution < 1.29 is 9.50 Å². The van der Waals surface area contributed by atoms with Crippen LogP contribution in [0.2, 0.25) is 0 Å². The molecule has 1 rings (SSSR count). The van der Waals surface area contributed by atoms with Gasteiger partial charge in [0, 0.05) is 33.2 Å². The Bertz CT molecular complexity index is 411. The van der Waals surface area contributed by atoms with Gasteiger partial charge in [-0.05, 0) is 30.8 Å². The van der Waals surface area contributed by atoms with E-state index >= 15 is 0 Å². The molecule has 2 N–H and O–H groups in total. The van der Waals surface area contributed by atoms with Gasteiger partial charge in [0.2, 0.25) is 0 Å². The van der Waals surface area contributed by atoms with Crippen LogP contribution in [0.3, 0.4) is 0 Å². The van der Waals surface area contributed by atoms with Gasteiger partial charge >= 0.3 is 0 Å². The molecule has 1 aromatic carbocycles. The second kappa shape index (κ2) is 9.71. The standard InChI is InChI=1S/C16H28FN3O/c1-4-20(5-2)9-8-18-13-14-6-7-15(17)16(12-14)19(3)10-11-21/h6-7,12,18,21H,4-5,8-11,13H2,1-3H3. The molecule has 0 saturated heterocycles. The zero-order valence-corrected chi connectivity index (χ0v) is 13.4. The van der Waals surface area contributed by atoms with Crippen LogP contribution in [0.4, 0.5) is 10.1 Å². The number of aliphatic hydroxyl groups excluding tert-OH is 1. The number of aliphatic hydroxyl groups is 1. The summed E-state index contributed by atoms with van der Waals surface area (Å²) in [4.78, 5) is 4.09. The van der Waals surface area contributed by atoms with E-state index in [-0.39, 0.29) is 12.4 Å². The molecule has 0 saturated carbocycles. The lowest BCUT2D eigenvalue weighted by atomic mass is 10.1. The fourth-order valence-electron chi connectivity index (χ4n) is 2.24. The van der Waals surface area contributed by atoms with Crippen molar-refractivity contribution >= 4 is 5.69 Å². The van der Waals surface area contributed by atoms with Crippen LogP contribution in [0.5, 0.6) is 0 Å². The number of likely N-dealkylation sites (N-methyl/N-ethyl adjacent to an activating group) is 2. The number of nitrogens with zero attached hydrogens (tertiary/aromatic N) is 2. The number of anilines is 1. The maximum atomic E-state index is 13.8. The van der Waals surface area contributed by atoms with Crippen molar-refractivity contribution in [2.75, 3.05) is 51.3 Å². The van der Waals surface area contributed by atoms with E-state index in [4.69, 9.17) is 5.11 Å². The van der Waals surface area contributed by atoms with Crippen molar-refractivity contribution in [1.82, 2.24) is 10.2 Å². The van der Waals surface area contributed by atoms with Crippen LogP contribution in [-0.4, -0.2) is 56.4 Å². The maximum Gasteiger partial charge on any atom is 0.146 e. The Balaban J connectivity index is 2.50. The monoisotopic (exact) mass is 297 g/mol. The highest BCUT2D eigenvalue weighted by atomic mass is 19.1. The van der Waals surface area contributed by atoms with Gasteiger partial charge in [-0.3, -0.25) is 0 Å². The van der Waals surface area contributed by atoms with Crippen LogP contribution in [0, 0.1) is 5.82 Å². The Labute approximate surface area is 127 Å². The number of rotatable bonds is 10. The first-order chi connectivity index (χ1) is 10.1. The summed E-state index contributed by atoms with van der Waals surface area (Å²) in [7, 11) is 1.78. The molecule has 0 unspecified atom stereocenters. The van der Waals surface area contributed by atoms with Crippen molar-refractivity contribution in [3.63, 3.8) is 0 Å². The maximum absolute atomic E-state index is 13.8. The van der Waals surface area contributed by atoms with E-state index in [0.29, 0.717) is 12.2 Å². The first kappa shape index (κ1) is 17.9. The number of hydrogen-bond donors (Lipinski definition) is 2. The van der Waals surface area contributed by atoms with Gasteiger partial charge in [0.1, 0.15) is 5.82 Å². The summed E-state index contributed by atoms with van der Waals surface area (Å²) in [6.45, 7) is 9.54. The van der Waals surface area contributed by atoms with Crippen LogP contribution >= 0.6 is 0 Å². The molecule has 0 amide bonds. The third-order valence-corrected chi connectivity index (χ3v) is 3.69. The highest BCUT2D eigenvalue weighted by Crippen LogP contribution is 2.19. The lowest BCUT2D eigenvalue weighted by Gasteiger charge is -2.20. The average Bonchev–Trinajstić information content (AvgIpc) is 2.49. The van der Waals surface area contributed by atoms with Gasteiger partial charge in [-0.2, -0.15) is 0 Å². The summed E-state index contributed by atoms with van der Waals surface area (Å²) >= 11 is 0. The second-order valence-electron chi connectivity index (χ2n) is 5.13. The highest BCUT2D eigenvalue weighted by molar-refractivity contribution is 5.49. The van der Waals surface area contributed by atoms with Crippen LogP contribution in [0.25, 0.3) is 0 Å². The Morgan fingerprint density at radius 1 is 1.19 bits per heavy atom. The summed E-state index contributed by atoms with van der Waals surface area (Å²) < 4.78 is 13.8. The van der Waals surface area contributed by atoms with Crippen molar-refractivity contribution in [1.29, 1.82) is 0 Å². The quantitative estimate of drug-likeness (QED) is 0.645. The lowest BCUT2D eigenvalue weighted by molar-refractivity contribution is 0.302. The van der Waals surface area contributed by atoms with E-state index in [2.05, 4.69) is 24.1 Å². The van der Waals surface area contributed by atoms with Crippen LogP contribution in [-0.2, 0) is 6.54 Å². The summed E-state index contributed by atoms with van der Waals surface area (Å²) in [5.41, 5.74) is 1.59.